The molecule has 0 aliphatic heterocycles. The molecule has 1 aromatic carbocycles. The van der Waals surface area contributed by atoms with Gasteiger partial charge in [0.1, 0.15) is 23.5 Å². The SMILES string of the molecule is CC[C@@H](Nc1ccc(C(=O)N[C@@H](Cc2ccc(-c3c(C)n(C)c(=O)n(C)c3=O)c3nccn23)C(=O)O)c(F)c1)C(F)(F)F. The molecule has 228 valence electrons. The van der Waals surface area contributed by atoms with Crippen LogP contribution in [0.1, 0.15) is 35.1 Å². The lowest BCUT2D eigenvalue weighted by molar-refractivity contribution is -0.143. The van der Waals surface area contributed by atoms with Crippen molar-refractivity contribution in [3.05, 3.63) is 86.3 Å². The third-order valence-corrected chi connectivity index (χ3v) is 7.23. The normalized spacial score (nSPS) is 13.1. The predicted octanol–water partition coefficient (Wildman–Crippen LogP) is 3.02. The summed E-state index contributed by atoms with van der Waals surface area (Å²) in [6.45, 7) is 2.93. The number of pyridine rings is 1. The molecule has 0 saturated heterocycles. The molecule has 3 heterocycles. The standard InChI is InChI=1S/C28H28F4N6O5/c1-5-21(28(30,31)32)34-15-6-8-17(19(29)12-15)24(39)35-20(26(41)42)13-16-7-9-18(23-33-10-11-38(16)23)22-14(2)36(3)27(43)37(4)25(22)40/h6-12,20-21,34H,5,13H2,1-4H3,(H,35,39)(H,41,42)/t20-,21+/m0/s1. The van der Waals surface area contributed by atoms with E-state index in [1.165, 1.54) is 42.4 Å². The lowest BCUT2D eigenvalue weighted by Gasteiger charge is -2.21. The van der Waals surface area contributed by atoms with Crippen LogP contribution in [0.2, 0.25) is 0 Å². The van der Waals surface area contributed by atoms with Gasteiger partial charge < -0.3 is 24.7 Å². The molecule has 15 heteroatoms. The van der Waals surface area contributed by atoms with Crippen LogP contribution in [0.4, 0.5) is 23.2 Å². The van der Waals surface area contributed by atoms with Crippen LogP contribution in [-0.4, -0.2) is 53.8 Å². The Hall–Kier alpha value is -4.95. The Kier molecular flexibility index (Phi) is 8.46. The maximum atomic E-state index is 14.8. The first-order chi connectivity index (χ1) is 20.1. The first-order valence-electron chi connectivity index (χ1n) is 13.0. The average Bonchev–Trinajstić information content (AvgIpc) is 3.44. The lowest BCUT2D eigenvalue weighted by atomic mass is 10.0. The van der Waals surface area contributed by atoms with E-state index in [2.05, 4.69) is 15.6 Å². The molecule has 0 bridgehead atoms. The number of halogens is 4. The fraction of sp³-hybridized carbons (Fsp3) is 0.321. The number of benzene rings is 1. The summed E-state index contributed by atoms with van der Waals surface area (Å²) in [5, 5.41) is 14.3. The summed E-state index contributed by atoms with van der Waals surface area (Å²) in [6.07, 6.45) is -2.18. The number of fused-ring (bicyclic) bond motifs is 1. The second-order valence-corrected chi connectivity index (χ2v) is 9.94. The van der Waals surface area contributed by atoms with Gasteiger partial charge >= 0.3 is 17.8 Å². The van der Waals surface area contributed by atoms with Gasteiger partial charge in [0.25, 0.3) is 11.5 Å². The molecule has 0 spiro atoms. The fourth-order valence-electron chi connectivity index (χ4n) is 4.74. The van der Waals surface area contributed by atoms with Crippen molar-refractivity contribution in [3.8, 4) is 11.1 Å². The van der Waals surface area contributed by atoms with Crippen molar-refractivity contribution >= 4 is 23.2 Å². The van der Waals surface area contributed by atoms with Crippen LogP contribution in [0.15, 0.2) is 52.3 Å². The number of amides is 1. The Labute approximate surface area is 241 Å². The number of alkyl halides is 3. The zero-order valence-electron chi connectivity index (χ0n) is 23.5. The number of carboxylic acids is 1. The van der Waals surface area contributed by atoms with E-state index in [0.29, 0.717) is 22.6 Å². The number of imidazole rings is 1. The second kappa shape index (κ2) is 11.7. The molecule has 0 aliphatic carbocycles. The fourth-order valence-corrected chi connectivity index (χ4v) is 4.74. The Morgan fingerprint density at radius 1 is 1.09 bits per heavy atom. The molecule has 0 fully saturated rings. The highest BCUT2D eigenvalue weighted by Gasteiger charge is 2.38. The number of aliphatic carboxylic acids is 1. The van der Waals surface area contributed by atoms with Gasteiger partial charge in [0.15, 0.2) is 0 Å². The molecular formula is C28H28F4N6O5. The molecular weight excluding hydrogens is 576 g/mol. The van der Waals surface area contributed by atoms with E-state index in [9.17, 15) is 41.8 Å². The maximum absolute atomic E-state index is 14.8. The summed E-state index contributed by atoms with van der Waals surface area (Å²) >= 11 is 0. The van der Waals surface area contributed by atoms with Crippen molar-refractivity contribution in [2.45, 2.75) is 44.9 Å². The van der Waals surface area contributed by atoms with Crippen LogP contribution < -0.4 is 21.9 Å². The van der Waals surface area contributed by atoms with E-state index in [-0.39, 0.29) is 24.1 Å². The molecule has 0 aliphatic rings. The van der Waals surface area contributed by atoms with Gasteiger partial charge in [0.05, 0.1) is 11.1 Å². The molecule has 0 radical (unpaired) electrons. The van der Waals surface area contributed by atoms with Crippen molar-refractivity contribution < 1.29 is 32.3 Å². The number of anilines is 1. The molecule has 3 aromatic heterocycles. The van der Waals surface area contributed by atoms with E-state index in [1.54, 1.807) is 19.1 Å². The first-order valence-corrected chi connectivity index (χ1v) is 13.0. The number of rotatable bonds is 9. The number of hydrogen-bond acceptors (Lipinski definition) is 6. The quantitative estimate of drug-likeness (QED) is 0.250. The van der Waals surface area contributed by atoms with E-state index in [0.717, 1.165) is 22.8 Å². The molecule has 4 rings (SSSR count). The third kappa shape index (κ3) is 6.01. The minimum atomic E-state index is -4.57. The summed E-state index contributed by atoms with van der Waals surface area (Å²) in [4.78, 5) is 54.6. The number of nitrogens with one attached hydrogen (secondary N) is 2. The van der Waals surface area contributed by atoms with Gasteiger partial charge in [-0.1, -0.05) is 6.92 Å². The topological polar surface area (TPSA) is 140 Å². The third-order valence-electron chi connectivity index (χ3n) is 7.23. The molecule has 2 atom stereocenters. The van der Waals surface area contributed by atoms with Crippen molar-refractivity contribution in [1.29, 1.82) is 0 Å². The van der Waals surface area contributed by atoms with Gasteiger partial charge in [-0.15, -0.1) is 0 Å². The number of hydrogen-bond donors (Lipinski definition) is 3. The van der Waals surface area contributed by atoms with Gasteiger partial charge in [-0.2, -0.15) is 13.2 Å². The number of carbonyl (C=O) groups excluding carboxylic acids is 1. The van der Waals surface area contributed by atoms with Crippen LogP contribution in [-0.2, 0) is 25.3 Å². The smallest absolute Gasteiger partial charge is 0.408 e. The summed E-state index contributed by atoms with van der Waals surface area (Å²) in [5.74, 6) is -3.65. The molecule has 11 nitrogen and oxygen atoms in total. The molecule has 0 unspecified atom stereocenters. The van der Waals surface area contributed by atoms with E-state index < -0.39 is 52.8 Å². The number of nitrogens with zero attached hydrogens (tertiary/aromatic N) is 4. The van der Waals surface area contributed by atoms with Crippen LogP contribution in [0, 0.1) is 12.7 Å². The summed E-state index contributed by atoms with van der Waals surface area (Å²) in [6, 6.07) is 2.44. The highest BCUT2D eigenvalue weighted by atomic mass is 19.4. The number of carbonyl (C=O) groups is 2. The Bertz CT molecular complexity index is 1840. The summed E-state index contributed by atoms with van der Waals surface area (Å²) in [7, 11) is 2.87. The van der Waals surface area contributed by atoms with Gasteiger partial charge in [-0.05, 0) is 43.7 Å². The molecule has 43 heavy (non-hydrogen) atoms. The average molecular weight is 605 g/mol. The first kappa shape index (κ1) is 31.0. The van der Waals surface area contributed by atoms with Crippen molar-refractivity contribution in [2.24, 2.45) is 14.1 Å². The highest BCUT2D eigenvalue weighted by Crippen LogP contribution is 2.27. The highest BCUT2D eigenvalue weighted by molar-refractivity contribution is 5.97. The molecule has 1 amide bonds. The predicted molar refractivity (Wildman–Crippen MR) is 149 cm³/mol. The van der Waals surface area contributed by atoms with Gasteiger partial charge in [0, 0.05) is 55.5 Å². The Balaban J connectivity index is 1.62. The number of aromatic nitrogens is 4. The van der Waals surface area contributed by atoms with E-state index >= 15 is 0 Å². The second-order valence-electron chi connectivity index (χ2n) is 9.94. The van der Waals surface area contributed by atoms with Crippen molar-refractivity contribution in [1.82, 2.24) is 23.8 Å². The molecule has 4 aromatic rings. The van der Waals surface area contributed by atoms with E-state index in [4.69, 9.17) is 0 Å². The Morgan fingerprint density at radius 3 is 2.40 bits per heavy atom. The van der Waals surface area contributed by atoms with Crippen molar-refractivity contribution in [3.63, 3.8) is 0 Å². The Morgan fingerprint density at radius 2 is 1.79 bits per heavy atom. The molecule has 3 N–H and O–H groups in total. The minimum absolute atomic E-state index is 0.195. The van der Waals surface area contributed by atoms with E-state index in [1.807, 2.05) is 0 Å². The zero-order valence-corrected chi connectivity index (χ0v) is 23.5. The van der Waals surface area contributed by atoms with Crippen LogP contribution in [0.5, 0.6) is 0 Å². The minimum Gasteiger partial charge on any atom is -0.480 e. The van der Waals surface area contributed by atoms with Gasteiger partial charge in [-0.3, -0.25) is 14.2 Å². The van der Waals surface area contributed by atoms with Gasteiger partial charge in [-0.25, -0.2) is 19.0 Å². The summed E-state index contributed by atoms with van der Waals surface area (Å²) in [5.41, 5.74) is -0.106. The molecule has 0 saturated carbocycles. The monoisotopic (exact) mass is 604 g/mol. The van der Waals surface area contributed by atoms with Crippen LogP contribution in [0.3, 0.4) is 0 Å². The van der Waals surface area contributed by atoms with Gasteiger partial charge in [0.2, 0.25) is 0 Å². The lowest BCUT2D eigenvalue weighted by Crippen LogP contribution is -2.43. The van der Waals surface area contributed by atoms with Crippen molar-refractivity contribution in [2.75, 3.05) is 5.32 Å². The maximum Gasteiger partial charge on any atom is 0.408 e. The zero-order chi connectivity index (χ0) is 31.8. The largest absolute Gasteiger partial charge is 0.480 e. The van der Waals surface area contributed by atoms with Crippen LogP contribution >= 0.6 is 0 Å². The summed E-state index contributed by atoms with van der Waals surface area (Å²) < 4.78 is 57.8. The van der Waals surface area contributed by atoms with Crippen LogP contribution in [0.25, 0.3) is 16.8 Å². The number of carboxylic acid groups (broad SMARTS) is 1.